The van der Waals surface area contributed by atoms with Crippen molar-refractivity contribution in [3.8, 4) is 5.88 Å². The Morgan fingerprint density at radius 3 is 2.74 bits per heavy atom. The van der Waals surface area contributed by atoms with Crippen molar-refractivity contribution in [2.24, 2.45) is 0 Å². The van der Waals surface area contributed by atoms with Crippen LogP contribution in [-0.2, 0) is 30.9 Å². The number of imidazole rings is 1. The number of ether oxygens (including phenoxy) is 2. The fourth-order valence-corrected chi connectivity index (χ4v) is 6.06. The minimum Gasteiger partial charge on any atom is -0.471 e. The Morgan fingerprint density at radius 2 is 2.03 bits per heavy atom. The molecule has 1 saturated heterocycles. The van der Waals surface area contributed by atoms with Crippen LogP contribution in [0.15, 0.2) is 42.5 Å². The van der Waals surface area contributed by atoms with Crippen LogP contribution >= 0.6 is 22.9 Å². The van der Waals surface area contributed by atoms with E-state index in [2.05, 4.69) is 33.5 Å². The zero-order valence-electron chi connectivity index (χ0n) is 21.6. The van der Waals surface area contributed by atoms with Crippen molar-refractivity contribution in [1.29, 1.82) is 0 Å². The highest BCUT2D eigenvalue weighted by molar-refractivity contribution is 7.18. The first-order valence-electron chi connectivity index (χ1n) is 13.2. The number of hydrogen-bond acceptors (Lipinski definition) is 6. The Hall–Kier alpha value is -2.85. The largest absolute Gasteiger partial charge is 0.471 e. The topological polar surface area (TPSA) is 52.4 Å². The smallest absolute Gasteiger partial charge is 0.251 e. The average Bonchev–Trinajstić information content (AvgIpc) is 3.44. The molecule has 10 heteroatoms. The predicted molar refractivity (Wildman–Crippen MR) is 149 cm³/mol. The minimum atomic E-state index is -0.584. The van der Waals surface area contributed by atoms with Crippen LogP contribution in [0.5, 0.6) is 5.88 Å². The van der Waals surface area contributed by atoms with Crippen molar-refractivity contribution in [2.75, 3.05) is 19.7 Å². The van der Waals surface area contributed by atoms with Gasteiger partial charge >= 0.3 is 0 Å². The maximum atomic E-state index is 14.4. The molecule has 0 radical (unpaired) electrons. The molecule has 0 aliphatic carbocycles. The normalized spacial score (nSPS) is 17.8. The number of aryl methyl sites for hydroxylation is 1. The van der Waals surface area contributed by atoms with Crippen molar-refractivity contribution in [2.45, 2.75) is 52.0 Å². The fraction of sp³-hybridized carbons (Fsp3) is 0.379. The number of nitrogens with zero attached hydrogens (tertiary/aromatic N) is 4. The quantitative estimate of drug-likeness (QED) is 0.226. The molecule has 2 aliphatic heterocycles. The molecule has 1 fully saturated rings. The van der Waals surface area contributed by atoms with E-state index in [9.17, 15) is 8.78 Å². The summed E-state index contributed by atoms with van der Waals surface area (Å²) in [7, 11) is 0. The van der Waals surface area contributed by atoms with Gasteiger partial charge in [0.25, 0.3) is 5.88 Å². The first-order valence-corrected chi connectivity index (χ1v) is 14.4. The molecule has 3 aromatic heterocycles. The van der Waals surface area contributed by atoms with Gasteiger partial charge in [-0.15, -0.1) is 11.3 Å². The van der Waals surface area contributed by atoms with E-state index in [4.69, 9.17) is 26.1 Å². The number of aromatic nitrogens is 3. The van der Waals surface area contributed by atoms with Gasteiger partial charge in [-0.05, 0) is 55.2 Å². The summed E-state index contributed by atoms with van der Waals surface area (Å²) in [5.74, 6) is -0.159. The van der Waals surface area contributed by atoms with Crippen LogP contribution in [0, 0.1) is 11.6 Å². The van der Waals surface area contributed by atoms with Gasteiger partial charge < -0.3 is 14.0 Å². The summed E-state index contributed by atoms with van der Waals surface area (Å²) < 4.78 is 42.1. The molecule has 6 nitrogen and oxygen atoms in total. The van der Waals surface area contributed by atoms with E-state index in [-0.39, 0.29) is 24.2 Å². The first kappa shape index (κ1) is 26.4. The highest BCUT2D eigenvalue weighted by atomic mass is 35.5. The second kappa shape index (κ2) is 11.3. The van der Waals surface area contributed by atoms with E-state index >= 15 is 0 Å². The lowest BCUT2D eigenvalue weighted by atomic mass is 10.0. The van der Waals surface area contributed by atoms with Crippen molar-refractivity contribution in [3.05, 3.63) is 81.1 Å². The molecule has 5 heterocycles. The monoisotopic (exact) mass is 570 g/mol. The summed E-state index contributed by atoms with van der Waals surface area (Å²) in [6.07, 6.45) is 5.26. The van der Waals surface area contributed by atoms with Crippen molar-refractivity contribution in [1.82, 2.24) is 19.4 Å². The lowest BCUT2D eigenvalue weighted by Crippen LogP contribution is -2.33. The summed E-state index contributed by atoms with van der Waals surface area (Å²) in [6, 6.07) is 9.58. The van der Waals surface area contributed by atoms with Gasteiger partial charge in [0.1, 0.15) is 23.1 Å². The van der Waals surface area contributed by atoms with Gasteiger partial charge in [-0.25, -0.2) is 18.7 Å². The molecule has 39 heavy (non-hydrogen) atoms. The summed E-state index contributed by atoms with van der Waals surface area (Å²) in [4.78, 5) is 14.2. The SMILES string of the molecule is CCc1cc2c(nc(CN3CC=C(c4ccc(F)c(OCc5ccc(Cl)cc5F)n4)CC3)n2C[C@@H]2CCO2)s1. The average molecular weight is 571 g/mol. The molecule has 0 unspecified atom stereocenters. The number of pyridine rings is 1. The molecule has 0 N–H and O–H groups in total. The molecule has 204 valence electrons. The Bertz CT molecular complexity index is 1530. The van der Waals surface area contributed by atoms with E-state index in [1.807, 2.05) is 0 Å². The van der Waals surface area contributed by atoms with Crippen molar-refractivity contribution >= 4 is 38.9 Å². The number of benzene rings is 1. The fourth-order valence-electron chi connectivity index (χ4n) is 4.92. The second-order valence-electron chi connectivity index (χ2n) is 9.90. The minimum absolute atomic E-state index is 0.140. The van der Waals surface area contributed by atoms with E-state index in [0.717, 1.165) is 68.3 Å². The van der Waals surface area contributed by atoms with Crippen LogP contribution < -0.4 is 4.74 Å². The highest BCUT2D eigenvalue weighted by Crippen LogP contribution is 2.30. The summed E-state index contributed by atoms with van der Waals surface area (Å²) in [5.41, 5.74) is 3.19. The molecule has 6 rings (SSSR count). The van der Waals surface area contributed by atoms with Crippen LogP contribution in [0.4, 0.5) is 8.78 Å². The zero-order valence-corrected chi connectivity index (χ0v) is 23.2. The van der Waals surface area contributed by atoms with Gasteiger partial charge in [0.15, 0.2) is 5.82 Å². The third-order valence-electron chi connectivity index (χ3n) is 7.29. The van der Waals surface area contributed by atoms with E-state index in [1.54, 1.807) is 23.5 Å². The van der Waals surface area contributed by atoms with Gasteiger partial charge in [-0.2, -0.15) is 0 Å². The standard InChI is InChI=1S/C29H29ClF2N4O2S/c1-2-22-14-26-29(39-22)34-27(36(26)15-21-9-12-37-21)16-35-10-7-18(8-11-35)25-6-5-23(31)28(33-25)38-17-19-3-4-20(30)13-24(19)32/h3-7,13-14,21H,2,8-12,15-17H2,1H3/t21-/m0/s1. The summed E-state index contributed by atoms with van der Waals surface area (Å²) in [6.45, 7) is 6.02. The van der Waals surface area contributed by atoms with Gasteiger partial charge in [0.05, 0.1) is 30.4 Å². The zero-order chi connectivity index (χ0) is 26.9. The summed E-state index contributed by atoms with van der Waals surface area (Å²) >= 11 is 7.58. The number of halogens is 3. The number of fused-ring (bicyclic) bond motifs is 1. The molecule has 0 spiro atoms. The van der Waals surface area contributed by atoms with E-state index in [1.165, 1.54) is 28.6 Å². The van der Waals surface area contributed by atoms with Crippen molar-refractivity contribution in [3.63, 3.8) is 0 Å². The molecule has 0 amide bonds. The van der Waals surface area contributed by atoms with Crippen LogP contribution in [-0.4, -0.2) is 45.2 Å². The maximum absolute atomic E-state index is 14.4. The van der Waals surface area contributed by atoms with Gasteiger partial charge in [-0.1, -0.05) is 30.7 Å². The lowest BCUT2D eigenvalue weighted by molar-refractivity contribution is -0.0591. The second-order valence-corrected chi connectivity index (χ2v) is 11.5. The van der Waals surface area contributed by atoms with E-state index < -0.39 is 11.6 Å². The van der Waals surface area contributed by atoms with Crippen LogP contribution in [0.1, 0.15) is 41.7 Å². The maximum Gasteiger partial charge on any atom is 0.251 e. The number of rotatable bonds is 9. The molecular weight excluding hydrogens is 542 g/mol. The molecule has 1 aromatic carbocycles. The van der Waals surface area contributed by atoms with Crippen molar-refractivity contribution < 1.29 is 18.3 Å². The Kier molecular flexibility index (Phi) is 7.66. The van der Waals surface area contributed by atoms with Gasteiger partial charge in [-0.3, -0.25) is 4.90 Å². The Labute approximate surface area is 234 Å². The lowest BCUT2D eigenvalue weighted by Gasteiger charge is -2.29. The van der Waals surface area contributed by atoms with Gasteiger partial charge in [0, 0.05) is 35.2 Å². The molecule has 2 aliphatic rings. The molecule has 0 saturated carbocycles. The summed E-state index contributed by atoms with van der Waals surface area (Å²) in [5, 5.41) is 0.294. The Balaban J connectivity index is 1.14. The van der Waals surface area contributed by atoms with Crippen LogP contribution in [0.2, 0.25) is 5.02 Å². The van der Waals surface area contributed by atoms with E-state index in [0.29, 0.717) is 10.7 Å². The van der Waals surface area contributed by atoms with Crippen LogP contribution in [0.3, 0.4) is 0 Å². The van der Waals surface area contributed by atoms with Gasteiger partial charge in [0.2, 0.25) is 0 Å². The number of hydrogen-bond donors (Lipinski definition) is 0. The molecule has 4 aromatic rings. The van der Waals surface area contributed by atoms with Crippen LogP contribution in [0.25, 0.3) is 15.9 Å². The predicted octanol–water partition coefficient (Wildman–Crippen LogP) is 6.64. The Morgan fingerprint density at radius 1 is 1.15 bits per heavy atom. The highest BCUT2D eigenvalue weighted by Gasteiger charge is 2.24. The number of thiophene rings is 1. The molecule has 0 bridgehead atoms. The first-order chi connectivity index (χ1) is 19.0. The third kappa shape index (κ3) is 5.72. The molecule has 1 atom stereocenters. The molecular formula is C29H29ClF2N4O2S. The third-order valence-corrected chi connectivity index (χ3v) is 8.68.